The summed E-state index contributed by atoms with van der Waals surface area (Å²) in [5, 5.41) is 2.90. The van der Waals surface area contributed by atoms with Gasteiger partial charge < -0.3 is 5.32 Å². The molecule has 0 unspecified atom stereocenters. The Labute approximate surface area is 92.7 Å². The molecule has 0 atom stereocenters. The number of hydrogen-bond acceptors (Lipinski definition) is 1. The lowest BCUT2D eigenvalue weighted by atomic mass is 10.2. The Hall–Kier alpha value is -1.47. The molecule has 0 radical (unpaired) electrons. The van der Waals surface area contributed by atoms with Gasteiger partial charge in [-0.15, -0.1) is 12.3 Å². The highest BCUT2D eigenvalue weighted by molar-refractivity contribution is 5.19. The van der Waals surface area contributed by atoms with Gasteiger partial charge >= 0.3 is 0 Å². The van der Waals surface area contributed by atoms with Crippen LogP contribution < -0.4 is 5.32 Å². The van der Waals surface area contributed by atoms with Gasteiger partial charge in [-0.2, -0.15) is 0 Å². The van der Waals surface area contributed by atoms with Crippen LogP contribution >= 0.6 is 0 Å². The summed E-state index contributed by atoms with van der Waals surface area (Å²) in [5.74, 6) is -0.489. The summed E-state index contributed by atoms with van der Waals surface area (Å²) in [5.41, 5.74) is 0.111. The number of unbranched alkanes of at least 4 members (excludes halogenated alkanes) is 1. The van der Waals surface area contributed by atoms with Gasteiger partial charge in [0.25, 0.3) is 0 Å². The summed E-state index contributed by atoms with van der Waals surface area (Å²) < 4.78 is 38.5. The van der Waals surface area contributed by atoms with E-state index in [9.17, 15) is 13.2 Å². The molecule has 1 rings (SSSR count). The van der Waals surface area contributed by atoms with Crippen LogP contribution in [0.5, 0.6) is 0 Å². The van der Waals surface area contributed by atoms with Crippen LogP contribution in [0.4, 0.5) is 13.2 Å². The molecule has 0 bridgehead atoms. The molecule has 0 spiro atoms. The Bertz CT molecular complexity index is 396. The van der Waals surface area contributed by atoms with E-state index in [1.165, 1.54) is 0 Å². The lowest BCUT2D eigenvalue weighted by molar-refractivity contribution is 0.486. The van der Waals surface area contributed by atoms with Crippen LogP contribution in [0.1, 0.15) is 18.4 Å². The Kier molecular flexibility index (Phi) is 4.87. The van der Waals surface area contributed by atoms with Gasteiger partial charge in [0.2, 0.25) is 0 Å². The van der Waals surface area contributed by atoms with Crippen molar-refractivity contribution in [3.8, 4) is 12.3 Å². The minimum absolute atomic E-state index is 0.111. The van der Waals surface area contributed by atoms with Crippen molar-refractivity contribution in [2.45, 2.75) is 19.4 Å². The second kappa shape index (κ2) is 6.19. The molecule has 0 fully saturated rings. The van der Waals surface area contributed by atoms with Gasteiger partial charge in [-0.25, -0.2) is 13.2 Å². The molecule has 4 heteroatoms. The number of terminal acetylenes is 1. The van der Waals surface area contributed by atoms with Crippen molar-refractivity contribution in [3.63, 3.8) is 0 Å². The molecule has 86 valence electrons. The third-order valence-electron chi connectivity index (χ3n) is 2.08. The third kappa shape index (κ3) is 3.59. The minimum Gasteiger partial charge on any atom is -0.313 e. The zero-order valence-electron chi connectivity index (χ0n) is 8.69. The van der Waals surface area contributed by atoms with E-state index in [1.54, 1.807) is 0 Å². The molecule has 0 aliphatic heterocycles. The first-order valence-electron chi connectivity index (χ1n) is 4.92. The first-order valence-corrected chi connectivity index (χ1v) is 4.92. The van der Waals surface area contributed by atoms with Gasteiger partial charge in [0, 0.05) is 24.6 Å². The highest BCUT2D eigenvalue weighted by Crippen LogP contribution is 2.13. The molecule has 1 aromatic carbocycles. The largest absolute Gasteiger partial charge is 0.313 e. The quantitative estimate of drug-likeness (QED) is 0.463. The summed E-state index contributed by atoms with van der Waals surface area (Å²) in [6, 6.07) is 1.41. The third-order valence-corrected chi connectivity index (χ3v) is 2.08. The highest BCUT2D eigenvalue weighted by atomic mass is 19.2. The van der Waals surface area contributed by atoms with Crippen molar-refractivity contribution in [1.82, 2.24) is 5.32 Å². The first-order chi connectivity index (χ1) is 7.65. The van der Waals surface area contributed by atoms with E-state index < -0.39 is 17.5 Å². The fraction of sp³-hybridized carbons (Fsp3) is 0.333. The normalized spacial score (nSPS) is 10.1. The average Bonchev–Trinajstić information content (AvgIpc) is 2.25. The zero-order valence-corrected chi connectivity index (χ0v) is 8.69. The lowest BCUT2D eigenvalue weighted by Gasteiger charge is -2.05. The van der Waals surface area contributed by atoms with E-state index in [2.05, 4.69) is 11.2 Å². The second-order valence-electron chi connectivity index (χ2n) is 3.34. The Balaban J connectivity index is 2.48. The van der Waals surface area contributed by atoms with Crippen molar-refractivity contribution >= 4 is 0 Å². The van der Waals surface area contributed by atoms with Crippen LogP contribution in [0.2, 0.25) is 0 Å². The van der Waals surface area contributed by atoms with E-state index >= 15 is 0 Å². The summed E-state index contributed by atoms with van der Waals surface area (Å²) in [4.78, 5) is 0. The monoisotopic (exact) mass is 227 g/mol. The summed E-state index contributed by atoms with van der Waals surface area (Å²) in [6.45, 7) is 0.774. The van der Waals surface area contributed by atoms with Crippen molar-refractivity contribution in [2.24, 2.45) is 0 Å². The molecular weight excluding hydrogens is 215 g/mol. The van der Waals surface area contributed by atoms with Gasteiger partial charge in [0.1, 0.15) is 5.82 Å². The van der Waals surface area contributed by atoms with Crippen LogP contribution in [0.3, 0.4) is 0 Å². The zero-order chi connectivity index (χ0) is 12.0. The van der Waals surface area contributed by atoms with E-state index in [1.807, 2.05) is 0 Å². The van der Waals surface area contributed by atoms with Gasteiger partial charge in [-0.1, -0.05) is 0 Å². The molecule has 0 saturated heterocycles. The SMILES string of the molecule is C#CCCCNCc1cc(F)c(F)cc1F. The van der Waals surface area contributed by atoms with E-state index in [4.69, 9.17) is 6.42 Å². The van der Waals surface area contributed by atoms with Crippen molar-refractivity contribution in [1.29, 1.82) is 0 Å². The Morgan fingerprint density at radius 2 is 1.81 bits per heavy atom. The van der Waals surface area contributed by atoms with Gasteiger partial charge in [0.15, 0.2) is 11.6 Å². The molecule has 0 heterocycles. The molecule has 0 amide bonds. The molecule has 0 aliphatic carbocycles. The number of hydrogen-bond donors (Lipinski definition) is 1. The Morgan fingerprint density at radius 1 is 1.12 bits per heavy atom. The van der Waals surface area contributed by atoms with Crippen LogP contribution in [0.15, 0.2) is 12.1 Å². The van der Waals surface area contributed by atoms with Gasteiger partial charge in [-0.3, -0.25) is 0 Å². The summed E-state index contributed by atoms with van der Waals surface area (Å²) in [7, 11) is 0. The topological polar surface area (TPSA) is 12.0 Å². The predicted molar refractivity (Wildman–Crippen MR) is 56.1 cm³/mol. The van der Waals surface area contributed by atoms with Gasteiger partial charge in [-0.05, 0) is 19.0 Å². The highest BCUT2D eigenvalue weighted by Gasteiger charge is 2.08. The number of nitrogens with one attached hydrogen (secondary N) is 1. The molecule has 16 heavy (non-hydrogen) atoms. The Morgan fingerprint density at radius 3 is 2.50 bits per heavy atom. The van der Waals surface area contributed by atoms with Crippen molar-refractivity contribution < 1.29 is 13.2 Å². The number of halogens is 3. The standard InChI is InChI=1S/C12H12F3N/c1-2-3-4-5-16-8-9-6-11(14)12(15)7-10(9)13/h1,6-7,16H,3-5,8H2. The fourth-order valence-electron chi connectivity index (χ4n) is 1.24. The van der Waals surface area contributed by atoms with Crippen LogP contribution in [-0.2, 0) is 6.54 Å². The van der Waals surface area contributed by atoms with Crippen LogP contribution in [-0.4, -0.2) is 6.54 Å². The predicted octanol–water partition coefficient (Wildman–Crippen LogP) is 2.61. The van der Waals surface area contributed by atoms with E-state index in [0.29, 0.717) is 19.0 Å². The lowest BCUT2D eigenvalue weighted by Crippen LogP contribution is -2.15. The maximum atomic E-state index is 13.1. The van der Waals surface area contributed by atoms with Crippen molar-refractivity contribution in [3.05, 3.63) is 35.1 Å². The number of rotatable bonds is 5. The molecule has 1 aromatic rings. The minimum atomic E-state index is -1.17. The molecule has 1 nitrogen and oxygen atoms in total. The maximum Gasteiger partial charge on any atom is 0.161 e. The first kappa shape index (κ1) is 12.6. The number of benzene rings is 1. The molecular formula is C12H12F3N. The van der Waals surface area contributed by atoms with Gasteiger partial charge in [0.05, 0.1) is 0 Å². The van der Waals surface area contributed by atoms with E-state index in [-0.39, 0.29) is 12.1 Å². The van der Waals surface area contributed by atoms with Crippen molar-refractivity contribution in [2.75, 3.05) is 6.54 Å². The second-order valence-corrected chi connectivity index (χ2v) is 3.34. The van der Waals surface area contributed by atoms with Crippen LogP contribution in [0, 0.1) is 29.8 Å². The summed E-state index contributed by atoms with van der Waals surface area (Å²) >= 11 is 0. The van der Waals surface area contributed by atoms with Crippen LogP contribution in [0.25, 0.3) is 0 Å². The van der Waals surface area contributed by atoms with E-state index in [0.717, 1.165) is 12.5 Å². The smallest absolute Gasteiger partial charge is 0.161 e. The molecule has 0 aliphatic rings. The molecule has 1 N–H and O–H groups in total. The summed E-state index contributed by atoms with van der Waals surface area (Å²) in [6.07, 6.45) is 6.45. The molecule has 0 saturated carbocycles. The maximum absolute atomic E-state index is 13.1. The average molecular weight is 227 g/mol. The molecule has 0 aromatic heterocycles. The fourth-order valence-corrected chi connectivity index (χ4v) is 1.24.